The number of aromatic nitrogens is 2. The summed E-state index contributed by atoms with van der Waals surface area (Å²) in [5, 5.41) is 0. The summed E-state index contributed by atoms with van der Waals surface area (Å²) in [6.07, 6.45) is 6.47. The second-order valence-corrected chi connectivity index (χ2v) is 5.57. The maximum Gasteiger partial charge on any atom is 0.129 e. The molecule has 2 aromatic heterocycles. The fourth-order valence-electron chi connectivity index (χ4n) is 1.97. The van der Waals surface area contributed by atoms with E-state index in [9.17, 15) is 0 Å². The van der Waals surface area contributed by atoms with Crippen LogP contribution in [-0.4, -0.2) is 23.1 Å². The highest BCUT2D eigenvalue weighted by Crippen LogP contribution is 2.21. The van der Waals surface area contributed by atoms with E-state index in [0.29, 0.717) is 6.54 Å². The number of nitrogens with two attached hydrogens (primary N) is 1. The predicted molar refractivity (Wildman–Crippen MR) is 85.6 cm³/mol. The summed E-state index contributed by atoms with van der Waals surface area (Å²) in [5.74, 6) is 0.975. The predicted octanol–water partition coefficient (Wildman–Crippen LogP) is 2.90. The number of hydrogen-bond acceptors (Lipinski definition) is 4. The second kappa shape index (κ2) is 7.36. The Kier molecular flexibility index (Phi) is 5.49. The molecule has 0 spiro atoms. The van der Waals surface area contributed by atoms with Crippen LogP contribution in [-0.2, 0) is 6.54 Å². The summed E-state index contributed by atoms with van der Waals surface area (Å²) in [6.45, 7) is 4.43. The van der Waals surface area contributed by atoms with E-state index in [0.717, 1.165) is 29.8 Å². The van der Waals surface area contributed by atoms with Crippen LogP contribution >= 0.6 is 15.9 Å². The molecule has 0 aliphatic heterocycles. The lowest BCUT2D eigenvalue weighted by atomic mass is 10.2. The SMILES string of the molecule is Cc1cc(N(CCCN)Cc2cccnc2)ncc1Br. The lowest BCUT2D eigenvalue weighted by Crippen LogP contribution is -2.26. The lowest BCUT2D eigenvalue weighted by Gasteiger charge is -2.24. The first kappa shape index (κ1) is 14.9. The maximum atomic E-state index is 5.64. The normalized spacial score (nSPS) is 10.6. The standard InChI is InChI=1S/C15H19BrN4/c1-12-8-15(19-10-14(12)16)20(7-3-5-17)11-13-4-2-6-18-9-13/h2,4,6,8-10H,3,5,7,11,17H2,1H3. The van der Waals surface area contributed by atoms with Crippen LogP contribution in [0.15, 0.2) is 41.3 Å². The van der Waals surface area contributed by atoms with Gasteiger partial charge in [0.2, 0.25) is 0 Å². The largest absolute Gasteiger partial charge is 0.352 e. The van der Waals surface area contributed by atoms with Crippen LogP contribution in [0.3, 0.4) is 0 Å². The number of nitrogens with zero attached hydrogens (tertiary/aromatic N) is 3. The Morgan fingerprint density at radius 2 is 2.20 bits per heavy atom. The van der Waals surface area contributed by atoms with Crippen molar-refractivity contribution in [3.8, 4) is 0 Å². The van der Waals surface area contributed by atoms with Gasteiger partial charge in [-0.3, -0.25) is 4.98 Å². The fraction of sp³-hybridized carbons (Fsp3) is 0.333. The zero-order valence-electron chi connectivity index (χ0n) is 11.6. The first-order valence-electron chi connectivity index (χ1n) is 6.67. The molecule has 0 saturated heterocycles. The summed E-state index contributed by atoms with van der Waals surface area (Å²) in [6, 6.07) is 6.13. The Balaban J connectivity index is 2.20. The summed E-state index contributed by atoms with van der Waals surface area (Å²) in [4.78, 5) is 10.9. The van der Waals surface area contributed by atoms with Gasteiger partial charge in [-0.05, 0) is 59.1 Å². The quantitative estimate of drug-likeness (QED) is 0.882. The number of pyridine rings is 2. The van der Waals surface area contributed by atoms with Crippen LogP contribution in [0.2, 0.25) is 0 Å². The average molecular weight is 335 g/mol. The molecule has 0 amide bonds. The zero-order chi connectivity index (χ0) is 14.4. The van der Waals surface area contributed by atoms with Gasteiger partial charge in [-0.15, -0.1) is 0 Å². The van der Waals surface area contributed by atoms with Gasteiger partial charge in [0.05, 0.1) is 0 Å². The summed E-state index contributed by atoms with van der Waals surface area (Å²) in [7, 11) is 0. The average Bonchev–Trinajstić information content (AvgIpc) is 2.47. The fourth-order valence-corrected chi connectivity index (χ4v) is 2.18. The number of hydrogen-bond donors (Lipinski definition) is 1. The molecule has 0 saturated carbocycles. The van der Waals surface area contributed by atoms with Gasteiger partial charge in [0.15, 0.2) is 0 Å². The van der Waals surface area contributed by atoms with E-state index in [1.165, 1.54) is 11.1 Å². The first-order chi connectivity index (χ1) is 9.70. The molecular formula is C15H19BrN4. The lowest BCUT2D eigenvalue weighted by molar-refractivity contribution is 0.724. The molecule has 5 heteroatoms. The van der Waals surface area contributed by atoms with Crippen molar-refractivity contribution in [3.05, 3.63) is 52.4 Å². The third-order valence-electron chi connectivity index (χ3n) is 3.08. The van der Waals surface area contributed by atoms with Gasteiger partial charge in [-0.1, -0.05) is 6.07 Å². The molecule has 0 aromatic carbocycles. The van der Waals surface area contributed by atoms with E-state index in [1.807, 2.05) is 18.5 Å². The topological polar surface area (TPSA) is 55.0 Å². The molecule has 0 radical (unpaired) electrons. The smallest absolute Gasteiger partial charge is 0.129 e. The minimum absolute atomic E-state index is 0.680. The molecule has 4 nitrogen and oxygen atoms in total. The number of rotatable bonds is 6. The highest BCUT2D eigenvalue weighted by molar-refractivity contribution is 9.10. The van der Waals surface area contributed by atoms with Gasteiger partial charge in [-0.25, -0.2) is 4.98 Å². The molecule has 0 bridgehead atoms. The van der Waals surface area contributed by atoms with Crippen molar-refractivity contribution < 1.29 is 0 Å². The van der Waals surface area contributed by atoms with Gasteiger partial charge in [0.1, 0.15) is 5.82 Å². The second-order valence-electron chi connectivity index (χ2n) is 4.72. The summed E-state index contributed by atoms with van der Waals surface area (Å²) < 4.78 is 1.03. The van der Waals surface area contributed by atoms with Gasteiger partial charge < -0.3 is 10.6 Å². The van der Waals surface area contributed by atoms with Crippen molar-refractivity contribution in [3.63, 3.8) is 0 Å². The Bertz CT molecular complexity index is 545. The van der Waals surface area contributed by atoms with Crippen molar-refractivity contribution in [1.29, 1.82) is 0 Å². The molecular weight excluding hydrogens is 316 g/mol. The van der Waals surface area contributed by atoms with Gasteiger partial charge in [0.25, 0.3) is 0 Å². The Morgan fingerprint density at radius 3 is 2.85 bits per heavy atom. The van der Waals surface area contributed by atoms with Crippen molar-refractivity contribution in [2.75, 3.05) is 18.0 Å². The van der Waals surface area contributed by atoms with Crippen LogP contribution in [0, 0.1) is 6.92 Å². The van der Waals surface area contributed by atoms with Crippen LogP contribution in [0.1, 0.15) is 17.5 Å². The Morgan fingerprint density at radius 1 is 1.35 bits per heavy atom. The minimum atomic E-state index is 0.680. The number of halogens is 1. The van der Waals surface area contributed by atoms with Gasteiger partial charge in [0, 0.05) is 36.2 Å². The van der Waals surface area contributed by atoms with Gasteiger partial charge >= 0.3 is 0 Å². The summed E-state index contributed by atoms with van der Waals surface area (Å²) in [5.41, 5.74) is 7.99. The molecule has 2 N–H and O–H groups in total. The zero-order valence-corrected chi connectivity index (χ0v) is 13.2. The molecule has 0 aliphatic carbocycles. The Labute approximate surface area is 128 Å². The highest BCUT2D eigenvalue weighted by Gasteiger charge is 2.10. The molecule has 106 valence electrons. The maximum absolute atomic E-state index is 5.64. The van der Waals surface area contributed by atoms with Crippen LogP contribution in [0.25, 0.3) is 0 Å². The van der Waals surface area contributed by atoms with E-state index in [1.54, 1.807) is 6.20 Å². The van der Waals surface area contributed by atoms with Crippen molar-refractivity contribution in [2.24, 2.45) is 5.73 Å². The van der Waals surface area contributed by atoms with Crippen molar-refractivity contribution >= 4 is 21.7 Å². The third kappa shape index (κ3) is 4.02. The highest BCUT2D eigenvalue weighted by atomic mass is 79.9. The molecule has 0 unspecified atom stereocenters. The van der Waals surface area contributed by atoms with Crippen LogP contribution in [0.5, 0.6) is 0 Å². The van der Waals surface area contributed by atoms with Crippen LogP contribution < -0.4 is 10.6 Å². The molecule has 0 atom stereocenters. The minimum Gasteiger partial charge on any atom is -0.352 e. The molecule has 2 heterocycles. The molecule has 0 fully saturated rings. The van der Waals surface area contributed by atoms with Crippen LogP contribution in [0.4, 0.5) is 5.82 Å². The van der Waals surface area contributed by atoms with Crippen molar-refractivity contribution in [2.45, 2.75) is 19.9 Å². The molecule has 2 aromatic rings. The Hall–Kier alpha value is -1.46. The number of anilines is 1. The molecule has 2 rings (SSSR count). The van der Waals surface area contributed by atoms with E-state index >= 15 is 0 Å². The third-order valence-corrected chi connectivity index (χ3v) is 3.92. The van der Waals surface area contributed by atoms with Crippen molar-refractivity contribution in [1.82, 2.24) is 9.97 Å². The molecule has 20 heavy (non-hydrogen) atoms. The molecule has 0 aliphatic rings. The van der Waals surface area contributed by atoms with E-state index in [-0.39, 0.29) is 0 Å². The first-order valence-corrected chi connectivity index (χ1v) is 7.46. The van der Waals surface area contributed by atoms with E-state index in [4.69, 9.17) is 5.73 Å². The van der Waals surface area contributed by atoms with Gasteiger partial charge in [-0.2, -0.15) is 0 Å². The monoisotopic (exact) mass is 334 g/mol. The number of aryl methyl sites for hydroxylation is 1. The summed E-state index contributed by atoms with van der Waals surface area (Å²) >= 11 is 3.49. The van der Waals surface area contributed by atoms with E-state index in [2.05, 4.69) is 49.9 Å². The van der Waals surface area contributed by atoms with E-state index < -0.39 is 0 Å².